The molecule has 0 rings (SSSR count). The van der Waals surface area contributed by atoms with E-state index >= 15 is 0 Å². The van der Waals surface area contributed by atoms with Crippen molar-refractivity contribution in [2.24, 2.45) is 5.73 Å². The molecule has 0 aromatic heterocycles. The van der Waals surface area contributed by atoms with Crippen molar-refractivity contribution in [3.63, 3.8) is 0 Å². The maximum atomic E-state index is 13.1. The van der Waals surface area contributed by atoms with Gasteiger partial charge in [-0.2, -0.15) is 0 Å². The monoisotopic (exact) mass is 685 g/mol. The van der Waals surface area contributed by atoms with Gasteiger partial charge in [0.1, 0.15) is 6.61 Å². The molecule has 0 unspecified atom stereocenters. The van der Waals surface area contributed by atoms with Crippen LogP contribution in [0, 0.1) is 0 Å². The van der Waals surface area contributed by atoms with Gasteiger partial charge >= 0.3 is 5.97 Å². The highest BCUT2D eigenvalue weighted by atomic mass is 16.5. The van der Waals surface area contributed by atoms with Crippen molar-refractivity contribution in [1.82, 2.24) is 4.90 Å². The molecule has 0 radical (unpaired) electrons. The summed E-state index contributed by atoms with van der Waals surface area (Å²) in [6.07, 6.45) is 50.1. The van der Waals surface area contributed by atoms with Crippen LogP contribution in [0.2, 0.25) is 0 Å². The molecule has 1 amide bonds. The molecule has 0 aromatic rings. The van der Waals surface area contributed by atoms with Crippen molar-refractivity contribution in [2.75, 3.05) is 26.2 Å². The SMILES string of the molecule is CCCCC/C=C\C/C=C\CCCCCCCCN(CCCCCCCC/C=C\C/C=C\CCCCC)C(=O)CCOC(=O)CCCCN. The first-order valence-corrected chi connectivity index (χ1v) is 20.9. The number of carbonyl (C=O) groups excluding carboxylic acids is 2. The first kappa shape index (κ1) is 46.9. The minimum atomic E-state index is -0.219. The summed E-state index contributed by atoms with van der Waals surface area (Å²) in [7, 11) is 0. The average molecular weight is 685 g/mol. The molecule has 0 saturated carbocycles. The molecule has 2 N–H and O–H groups in total. The van der Waals surface area contributed by atoms with Crippen LogP contribution in [-0.4, -0.2) is 43.0 Å². The number of ether oxygens (including phenoxy) is 1. The lowest BCUT2D eigenvalue weighted by molar-refractivity contribution is -0.145. The molecule has 49 heavy (non-hydrogen) atoms. The summed E-state index contributed by atoms with van der Waals surface area (Å²) < 4.78 is 5.34. The number of carbonyl (C=O) groups is 2. The van der Waals surface area contributed by atoms with Crippen LogP contribution in [0.1, 0.15) is 194 Å². The largest absolute Gasteiger partial charge is 0.465 e. The molecule has 0 aliphatic rings. The summed E-state index contributed by atoms with van der Waals surface area (Å²) in [5, 5.41) is 0. The van der Waals surface area contributed by atoms with Crippen LogP contribution < -0.4 is 5.73 Å². The molecular formula is C44H80N2O3. The molecule has 0 aromatic carbocycles. The Morgan fingerprint density at radius 1 is 0.490 bits per heavy atom. The first-order valence-electron chi connectivity index (χ1n) is 20.9. The van der Waals surface area contributed by atoms with E-state index in [1.54, 1.807) is 0 Å². The summed E-state index contributed by atoms with van der Waals surface area (Å²) in [4.78, 5) is 27.0. The summed E-state index contributed by atoms with van der Waals surface area (Å²) >= 11 is 0. The van der Waals surface area contributed by atoms with Crippen molar-refractivity contribution in [3.8, 4) is 0 Å². The summed E-state index contributed by atoms with van der Waals surface area (Å²) in [5.74, 6) is -0.0944. The second-order valence-electron chi connectivity index (χ2n) is 13.8. The highest BCUT2D eigenvalue weighted by molar-refractivity contribution is 5.77. The molecule has 0 atom stereocenters. The molecule has 0 aliphatic heterocycles. The minimum Gasteiger partial charge on any atom is -0.465 e. The van der Waals surface area contributed by atoms with Gasteiger partial charge in [0.05, 0.1) is 6.42 Å². The van der Waals surface area contributed by atoms with E-state index in [1.807, 2.05) is 4.90 Å². The lowest BCUT2D eigenvalue weighted by atomic mass is 10.1. The Morgan fingerprint density at radius 3 is 1.33 bits per heavy atom. The van der Waals surface area contributed by atoms with E-state index in [0.717, 1.165) is 51.6 Å². The molecule has 5 nitrogen and oxygen atoms in total. The minimum absolute atomic E-state index is 0.125. The van der Waals surface area contributed by atoms with E-state index in [2.05, 4.69) is 62.5 Å². The molecule has 0 bridgehead atoms. The third-order valence-corrected chi connectivity index (χ3v) is 9.02. The van der Waals surface area contributed by atoms with Crippen molar-refractivity contribution in [2.45, 2.75) is 194 Å². The van der Waals surface area contributed by atoms with Crippen molar-refractivity contribution in [3.05, 3.63) is 48.6 Å². The number of nitrogens with two attached hydrogens (primary N) is 1. The van der Waals surface area contributed by atoms with Crippen molar-refractivity contribution in [1.29, 1.82) is 0 Å². The van der Waals surface area contributed by atoms with E-state index in [1.165, 1.54) is 128 Å². The van der Waals surface area contributed by atoms with E-state index in [4.69, 9.17) is 10.5 Å². The summed E-state index contributed by atoms with van der Waals surface area (Å²) in [6, 6.07) is 0. The molecular weight excluding hydrogens is 604 g/mol. The standard InChI is InChI=1S/C44H80N2O3/c1-3-5-7-9-11-13-15-17-19-21-23-25-27-29-31-35-40-46(43(47)38-42-49-44(48)37-33-34-39-45)41-36-32-30-28-26-24-22-20-18-16-14-12-10-8-6-4-2/h11-14,17-20H,3-10,15-16,21-42,45H2,1-2H3/b13-11-,14-12-,19-17-,20-18-. The highest BCUT2D eigenvalue weighted by Crippen LogP contribution is 2.12. The lowest BCUT2D eigenvalue weighted by Crippen LogP contribution is -2.33. The fourth-order valence-electron chi connectivity index (χ4n) is 5.84. The zero-order chi connectivity index (χ0) is 35.7. The van der Waals surface area contributed by atoms with Gasteiger partial charge in [0, 0.05) is 19.5 Å². The number of rotatable bonds is 37. The quantitative estimate of drug-likeness (QED) is 0.0401. The number of allylic oxidation sites excluding steroid dienone is 8. The van der Waals surface area contributed by atoms with Gasteiger partial charge in [0.25, 0.3) is 0 Å². The molecule has 0 heterocycles. The van der Waals surface area contributed by atoms with Crippen molar-refractivity contribution < 1.29 is 14.3 Å². The Kier molecular flexibility index (Phi) is 38.5. The van der Waals surface area contributed by atoms with Crippen molar-refractivity contribution >= 4 is 11.9 Å². The predicted molar refractivity (Wildman–Crippen MR) is 214 cm³/mol. The molecule has 0 saturated heterocycles. The van der Waals surface area contributed by atoms with Crippen LogP contribution in [0.3, 0.4) is 0 Å². The zero-order valence-corrected chi connectivity index (χ0v) is 32.5. The van der Waals surface area contributed by atoms with E-state index in [-0.39, 0.29) is 24.9 Å². The third-order valence-electron chi connectivity index (χ3n) is 9.02. The second kappa shape index (κ2) is 40.3. The van der Waals surface area contributed by atoms with Crippen LogP contribution in [0.5, 0.6) is 0 Å². The number of esters is 1. The van der Waals surface area contributed by atoms with Gasteiger partial charge in [-0.3, -0.25) is 9.59 Å². The fourth-order valence-corrected chi connectivity index (χ4v) is 5.84. The lowest BCUT2D eigenvalue weighted by Gasteiger charge is -2.23. The number of amides is 1. The Bertz CT molecular complexity index is 784. The average Bonchev–Trinajstić information content (AvgIpc) is 3.10. The maximum absolute atomic E-state index is 13.1. The van der Waals surface area contributed by atoms with E-state index in [0.29, 0.717) is 13.0 Å². The molecule has 0 aliphatic carbocycles. The van der Waals surface area contributed by atoms with Gasteiger partial charge in [0.15, 0.2) is 0 Å². The first-order chi connectivity index (χ1) is 24.2. The van der Waals surface area contributed by atoms with Gasteiger partial charge in [-0.25, -0.2) is 0 Å². The van der Waals surface area contributed by atoms with Gasteiger partial charge in [-0.15, -0.1) is 0 Å². The topological polar surface area (TPSA) is 72.6 Å². The van der Waals surface area contributed by atoms with E-state index < -0.39 is 0 Å². The molecule has 284 valence electrons. The number of hydrogen-bond acceptors (Lipinski definition) is 4. The van der Waals surface area contributed by atoms with E-state index in [9.17, 15) is 9.59 Å². The van der Waals surface area contributed by atoms with Crippen LogP contribution >= 0.6 is 0 Å². The second-order valence-corrected chi connectivity index (χ2v) is 13.8. The van der Waals surface area contributed by atoms with Crippen LogP contribution in [0.25, 0.3) is 0 Å². The fraction of sp³-hybridized carbons (Fsp3) is 0.773. The van der Waals surface area contributed by atoms with Gasteiger partial charge in [-0.1, -0.05) is 140 Å². The summed E-state index contributed by atoms with van der Waals surface area (Å²) in [6.45, 7) is 6.91. The Balaban J connectivity index is 4.19. The van der Waals surface area contributed by atoms with Gasteiger partial charge in [-0.05, 0) is 96.4 Å². The Labute approximate surface area is 304 Å². The zero-order valence-electron chi connectivity index (χ0n) is 32.5. The number of unbranched alkanes of at least 4 members (excludes halogenated alkanes) is 19. The van der Waals surface area contributed by atoms with Gasteiger partial charge in [0.2, 0.25) is 5.91 Å². The molecule has 0 spiro atoms. The molecule has 5 heteroatoms. The highest BCUT2D eigenvalue weighted by Gasteiger charge is 2.14. The Hall–Kier alpha value is -2.14. The Morgan fingerprint density at radius 2 is 0.898 bits per heavy atom. The normalized spacial score (nSPS) is 12.0. The van der Waals surface area contributed by atoms with Gasteiger partial charge < -0.3 is 15.4 Å². The van der Waals surface area contributed by atoms with Crippen LogP contribution in [0.4, 0.5) is 0 Å². The number of nitrogens with zero attached hydrogens (tertiary/aromatic N) is 1. The summed E-state index contributed by atoms with van der Waals surface area (Å²) in [5.41, 5.74) is 5.51. The van der Waals surface area contributed by atoms with Crippen LogP contribution in [-0.2, 0) is 14.3 Å². The maximum Gasteiger partial charge on any atom is 0.305 e. The van der Waals surface area contributed by atoms with Crippen LogP contribution in [0.15, 0.2) is 48.6 Å². The third kappa shape index (κ3) is 37.0. The smallest absolute Gasteiger partial charge is 0.305 e. The molecule has 0 fully saturated rings. The number of hydrogen-bond donors (Lipinski definition) is 1. The predicted octanol–water partition coefficient (Wildman–Crippen LogP) is 12.5.